The van der Waals surface area contributed by atoms with E-state index in [1.807, 2.05) is 24.3 Å². The van der Waals surface area contributed by atoms with E-state index in [1.165, 1.54) is 0 Å². The lowest BCUT2D eigenvalue weighted by molar-refractivity contribution is -0.118. The maximum Gasteiger partial charge on any atom is 0.236 e. The van der Waals surface area contributed by atoms with E-state index in [-0.39, 0.29) is 5.91 Å². The monoisotopic (exact) mass is 242 g/mol. The van der Waals surface area contributed by atoms with Crippen LogP contribution >= 0.6 is 0 Å². The molecule has 2 aromatic rings. The highest BCUT2D eigenvalue weighted by molar-refractivity contribution is 6.00. The second-order valence-corrected chi connectivity index (χ2v) is 4.63. The van der Waals surface area contributed by atoms with Gasteiger partial charge in [-0.05, 0) is 30.5 Å². The number of carbonyl (C=O) groups excluding carboxylic acids is 1. The van der Waals surface area contributed by atoms with Gasteiger partial charge in [-0.25, -0.2) is 0 Å². The summed E-state index contributed by atoms with van der Waals surface area (Å²) in [6.07, 6.45) is 3.35. The fraction of sp³-hybridized carbons (Fsp3) is 0.231. The van der Waals surface area contributed by atoms with E-state index in [9.17, 15) is 4.79 Å². The average molecular weight is 242 g/mol. The third kappa shape index (κ3) is 1.73. The molecule has 4 N–H and O–H groups in total. The number of H-pyrrole nitrogens is 1. The van der Waals surface area contributed by atoms with Crippen LogP contribution in [0.5, 0.6) is 0 Å². The zero-order valence-corrected chi connectivity index (χ0v) is 9.81. The maximum atomic E-state index is 12.3. The largest absolute Gasteiger partial charge is 0.399 e. The van der Waals surface area contributed by atoms with Crippen molar-refractivity contribution < 1.29 is 4.79 Å². The maximum absolute atomic E-state index is 12.3. The molecule has 0 radical (unpaired) electrons. The van der Waals surface area contributed by atoms with Gasteiger partial charge in [0.2, 0.25) is 5.91 Å². The second kappa shape index (κ2) is 3.87. The van der Waals surface area contributed by atoms with E-state index in [1.54, 1.807) is 12.3 Å². The first kappa shape index (κ1) is 10.8. The molecule has 0 spiro atoms. The Bertz CT molecular complexity index is 555. The minimum atomic E-state index is -0.390. The lowest BCUT2D eigenvalue weighted by Gasteiger charge is -2.15. The molecule has 1 amide bonds. The topological polar surface area (TPSA) is 83.8 Å². The predicted molar refractivity (Wildman–Crippen MR) is 69.0 cm³/mol. The number of nitrogens with zero attached hydrogens (tertiary/aromatic N) is 1. The fourth-order valence-electron chi connectivity index (χ4n) is 2.14. The van der Waals surface area contributed by atoms with Gasteiger partial charge >= 0.3 is 0 Å². The molecule has 3 rings (SSSR count). The predicted octanol–water partition coefficient (Wildman–Crippen LogP) is 1.66. The Morgan fingerprint density at radius 3 is 2.56 bits per heavy atom. The van der Waals surface area contributed by atoms with Crippen molar-refractivity contribution in [3.63, 3.8) is 0 Å². The van der Waals surface area contributed by atoms with Crippen molar-refractivity contribution >= 4 is 17.4 Å². The number of amides is 1. The molecule has 1 aliphatic rings. The summed E-state index contributed by atoms with van der Waals surface area (Å²) in [5.74, 6) is 0.637. The average Bonchev–Trinajstić information content (AvgIpc) is 3.03. The Labute approximate surface area is 104 Å². The van der Waals surface area contributed by atoms with Gasteiger partial charge in [0.25, 0.3) is 0 Å². The van der Waals surface area contributed by atoms with Crippen molar-refractivity contribution in [1.29, 1.82) is 0 Å². The molecular weight excluding hydrogens is 228 g/mol. The van der Waals surface area contributed by atoms with Crippen LogP contribution in [-0.4, -0.2) is 16.1 Å². The second-order valence-electron chi connectivity index (χ2n) is 4.63. The highest BCUT2D eigenvalue weighted by Crippen LogP contribution is 2.49. The van der Waals surface area contributed by atoms with Crippen molar-refractivity contribution in [1.82, 2.24) is 10.2 Å². The van der Waals surface area contributed by atoms with Crippen LogP contribution in [0.1, 0.15) is 18.4 Å². The molecule has 1 aromatic carbocycles. The number of aromatic nitrogens is 2. The van der Waals surface area contributed by atoms with Crippen LogP contribution in [0, 0.1) is 0 Å². The van der Waals surface area contributed by atoms with Gasteiger partial charge in [-0.15, -0.1) is 0 Å². The molecule has 1 saturated carbocycles. The lowest BCUT2D eigenvalue weighted by Crippen LogP contribution is -2.27. The molecule has 0 saturated heterocycles. The minimum absolute atomic E-state index is 0.0107. The SMILES string of the molecule is Nc1ccc(C2(C(=O)Nc3ccn[nH]3)CC2)cc1. The van der Waals surface area contributed by atoms with Crippen LogP contribution in [-0.2, 0) is 10.2 Å². The number of nitrogen functional groups attached to an aromatic ring is 1. The summed E-state index contributed by atoms with van der Waals surface area (Å²) in [7, 11) is 0. The van der Waals surface area contributed by atoms with Gasteiger partial charge in [0.05, 0.1) is 11.6 Å². The van der Waals surface area contributed by atoms with E-state index >= 15 is 0 Å². The number of aromatic amines is 1. The Hall–Kier alpha value is -2.30. The van der Waals surface area contributed by atoms with Crippen molar-refractivity contribution in [2.75, 3.05) is 11.1 Å². The zero-order valence-electron chi connectivity index (χ0n) is 9.81. The Morgan fingerprint density at radius 2 is 2.00 bits per heavy atom. The van der Waals surface area contributed by atoms with Crippen LogP contribution in [0.25, 0.3) is 0 Å². The molecule has 0 aliphatic heterocycles. The molecule has 1 fully saturated rings. The standard InChI is InChI=1S/C13H14N4O/c14-10-3-1-9(2-4-10)13(6-7-13)12(18)16-11-5-8-15-17-11/h1-5,8H,6-7,14H2,(H2,15,16,17,18). The first-order chi connectivity index (χ1) is 8.71. The number of nitrogens with one attached hydrogen (secondary N) is 2. The molecular formula is C13H14N4O. The van der Waals surface area contributed by atoms with E-state index < -0.39 is 5.41 Å². The first-order valence-electron chi connectivity index (χ1n) is 5.88. The van der Waals surface area contributed by atoms with Crippen LogP contribution in [0.2, 0.25) is 0 Å². The smallest absolute Gasteiger partial charge is 0.236 e. The summed E-state index contributed by atoms with van der Waals surface area (Å²) in [5.41, 5.74) is 7.01. The Morgan fingerprint density at radius 1 is 1.28 bits per heavy atom. The number of hydrogen-bond acceptors (Lipinski definition) is 3. The van der Waals surface area contributed by atoms with Gasteiger partial charge in [0.15, 0.2) is 0 Å². The lowest BCUT2D eigenvalue weighted by atomic mass is 9.95. The van der Waals surface area contributed by atoms with Crippen LogP contribution in [0.4, 0.5) is 11.5 Å². The number of nitrogens with two attached hydrogens (primary N) is 1. The van der Waals surface area contributed by atoms with Gasteiger partial charge in [0, 0.05) is 11.8 Å². The van der Waals surface area contributed by atoms with E-state index in [2.05, 4.69) is 15.5 Å². The molecule has 92 valence electrons. The number of hydrogen-bond donors (Lipinski definition) is 3. The third-order valence-electron chi connectivity index (χ3n) is 3.40. The van der Waals surface area contributed by atoms with E-state index in [0.29, 0.717) is 11.5 Å². The fourth-order valence-corrected chi connectivity index (χ4v) is 2.14. The van der Waals surface area contributed by atoms with Crippen molar-refractivity contribution in [2.24, 2.45) is 0 Å². The highest BCUT2D eigenvalue weighted by atomic mass is 16.2. The van der Waals surface area contributed by atoms with Gasteiger partial charge in [-0.1, -0.05) is 12.1 Å². The van der Waals surface area contributed by atoms with Crippen molar-refractivity contribution in [3.8, 4) is 0 Å². The van der Waals surface area contributed by atoms with Crippen LogP contribution in [0.3, 0.4) is 0 Å². The number of benzene rings is 1. The number of carbonyl (C=O) groups is 1. The molecule has 1 aromatic heterocycles. The molecule has 1 aliphatic carbocycles. The normalized spacial score (nSPS) is 16.2. The Balaban J connectivity index is 1.82. The van der Waals surface area contributed by atoms with Crippen LogP contribution < -0.4 is 11.1 Å². The summed E-state index contributed by atoms with van der Waals surface area (Å²) in [6, 6.07) is 9.25. The first-order valence-corrected chi connectivity index (χ1v) is 5.88. The summed E-state index contributed by atoms with van der Waals surface area (Å²) in [6.45, 7) is 0. The molecule has 5 nitrogen and oxygen atoms in total. The summed E-state index contributed by atoms with van der Waals surface area (Å²) in [4.78, 5) is 12.3. The number of rotatable bonds is 3. The molecule has 18 heavy (non-hydrogen) atoms. The summed E-state index contributed by atoms with van der Waals surface area (Å²) in [5, 5.41) is 9.38. The quantitative estimate of drug-likeness (QED) is 0.716. The van der Waals surface area contributed by atoms with Gasteiger partial charge in [-0.2, -0.15) is 5.10 Å². The highest BCUT2D eigenvalue weighted by Gasteiger charge is 2.51. The molecule has 0 unspecified atom stereocenters. The van der Waals surface area contributed by atoms with Crippen molar-refractivity contribution in [2.45, 2.75) is 18.3 Å². The molecule has 0 bridgehead atoms. The van der Waals surface area contributed by atoms with Gasteiger partial charge in [-0.3, -0.25) is 9.89 Å². The van der Waals surface area contributed by atoms with Gasteiger partial charge in [0.1, 0.15) is 5.82 Å². The summed E-state index contributed by atoms with van der Waals surface area (Å²) >= 11 is 0. The zero-order chi connectivity index (χ0) is 12.6. The molecule has 0 atom stereocenters. The minimum Gasteiger partial charge on any atom is -0.399 e. The Kier molecular flexibility index (Phi) is 2.33. The van der Waals surface area contributed by atoms with Crippen LogP contribution in [0.15, 0.2) is 36.5 Å². The third-order valence-corrected chi connectivity index (χ3v) is 3.40. The van der Waals surface area contributed by atoms with Crippen molar-refractivity contribution in [3.05, 3.63) is 42.1 Å². The summed E-state index contributed by atoms with van der Waals surface area (Å²) < 4.78 is 0. The molecule has 1 heterocycles. The molecule has 5 heteroatoms. The van der Waals surface area contributed by atoms with E-state index in [0.717, 1.165) is 18.4 Å². The number of anilines is 2. The van der Waals surface area contributed by atoms with Gasteiger partial charge < -0.3 is 11.1 Å². The van der Waals surface area contributed by atoms with E-state index in [4.69, 9.17) is 5.73 Å².